The Morgan fingerprint density at radius 2 is 2.00 bits per heavy atom. The quantitative estimate of drug-likeness (QED) is 0.886. The monoisotopic (exact) mass is 244 g/mol. The number of likely N-dealkylation sites (tertiary alicyclic amines) is 1. The third-order valence-electron chi connectivity index (χ3n) is 4.85. The van der Waals surface area contributed by atoms with Gasteiger partial charge in [0.05, 0.1) is 0 Å². The van der Waals surface area contributed by atoms with Gasteiger partial charge in [-0.1, -0.05) is 18.2 Å². The molecule has 2 heteroatoms. The van der Waals surface area contributed by atoms with Crippen molar-refractivity contribution in [2.75, 3.05) is 13.1 Å². The van der Waals surface area contributed by atoms with Crippen LogP contribution in [0.1, 0.15) is 42.0 Å². The summed E-state index contributed by atoms with van der Waals surface area (Å²) in [5.41, 5.74) is 10.4. The summed E-state index contributed by atoms with van der Waals surface area (Å²) in [6.45, 7) is 6.54. The molecule has 2 nitrogen and oxygen atoms in total. The van der Waals surface area contributed by atoms with E-state index >= 15 is 0 Å². The lowest BCUT2D eigenvalue weighted by Gasteiger charge is -2.30. The summed E-state index contributed by atoms with van der Waals surface area (Å²) in [7, 11) is 0. The fraction of sp³-hybridized carbons (Fsp3) is 0.625. The smallest absolute Gasteiger partial charge is 0.0394 e. The normalized spacial score (nSPS) is 28.8. The molecule has 1 aromatic carbocycles. The number of rotatable bonds is 3. The molecule has 2 fully saturated rings. The molecule has 0 spiro atoms. The first-order valence-electron chi connectivity index (χ1n) is 7.24. The van der Waals surface area contributed by atoms with Gasteiger partial charge in [0.2, 0.25) is 0 Å². The van der Waals surface area contributed by atoms with Crippen molar-refractivity contribution in [3.8, 4) is 0 Å². The molecular formula is C16H24N2. The molecule has 1 aliphatic heterocycles. The number of aryl methyl sites for hydroxylation is 1. The highest BCUT2D eigenvalue weighted by molar-refractivity contribution is 5.36. The highest BCUT2D eigenvalue weighted by Gasteiger charge is 2.42. The Balaban J connectivity index is 1.97. The minimum atomic E-state index is 0.572. The van der Waals surface area contributed by atoms with Crippen LogP contribution in [0.3, 0.4) is 0 Å². The van der Waals surface area contributed by atoms with Crippen LogP contribution in [0, 0.1) is 19.8 Å². The van der Waals surface area contributed by atoms with E-state index < -0.39 is 0 Å². The molecule has 1 saturated carbocycles. The SMILES string of the molecule is Cc1cccc(C2C(CN)CCN2C2CC2)c1C. The first-order chi connectivity index (χ1) is 8.72. The first-order valence-corrected chi connectivity index (χ1v) is 7.24. The Kier molecular flexibility index (Phi) is 3.16. The maximum atomic E-state index is 6.01. The number of hydrogen-bond donors (Lipinski definition) is 1. The van der Waals surface area contributed by atoms with Crippen molar-refractivity contribution in [1.82, 2.24) is 4.90 Å². The van der Waals surface area contributed by atoms with Crippen molar-refractivity contribution in [3.63, 3.8) is 0 Å². The molecular weight excluding hydrogens is 220 g/mol. The van der Waals surface area contributed by atoms with Crippen molar-refractivity contribution in [1.29, 1.82) is 0 Å². The molecule has 2 unspecified atom stereocenters. The van der Waals surface area contributed by atoms with Crippen LogP contribution in [-0.4, -0.2) is 24.0 Å². The molecule has 2 aliphatic rings. The Morgan fingerprint density at radius 3 is 2.67 bits per heavy atom. The predicted molar refractivity (Wildman–Crippen MR) is 75.5 cm³/mol. The first kappa shape index (κ1) is 12.2. The Hall–Kier alpha value is -0.860. The zero-order valence-corrected chi connectivity index (χ0v) is 11.5. The van der Waals surface area contributed by atoms with E-state index in [-0.39, 0.29) is 0 Å². The summed E-state index contributed by atoms with van der Waals surface area (Å²) in [6, 6.07) is 8.14. The third-order valence-corrected chi connectivity index (χ3v) is 4.85. The van der Waals surface area contributed by atoms with Gasteiger partial charge >= 0.3 is 0 Å². The van der Waals surface area contributed by atoms with E-state index in [9.17, 15) is 0 Å². The van der Waals surface area contributed by atoms with Gasteiger partial charge in [-0.25, -0.2) is 0 Å². The van der Waals surface area contributed by atoms with Gasteiger partial charge in [0.15, 0.2) is 0 Å². The largest absolute Gasteiger partial charge is 0.330 e. The van der Waals surface area contributed by atoms with E-state index in [1.807, 2.05) is 0 Å². The summed E-state index contributed by atoms with van der Waals surface area (Å²) in [4.78, 5) is 2.72. The molecule has 0 amide bonds. The van der Waals surface area contributed by atoms with Gasteiger partial charge in [-0.05, 0) is 68.8 Å². The van der Waals surface area contributed by atoms with Crippen LogP contribution >= 0.6 is 0 Å². The fourth-order valence-corrected chi connectivity index (χ4v) is 3.47. The van der Waals surface area contributed by atoms with Crippen LogP contribution in [0.25, 0.3) is 0 Å². The molecule has 0 radical (unpaired) electrons. The average molecular weight is 244 g/mol. The number of hydrogen-bond acceptors (Lipinski definition) is 2. The van der Waals surface area contributed by atoms with Gasteiger partial charge in [0.1, 0.15) is 0 Å². The van der Waals surface area contributed by atoms with Crippen LogP contribution < -0.4 is 5.73 Å². The van der Waals surface area contributed by atoms with Crippen molar-refractivity contribution in [2.45, 2.75) is 45.2 Å². The van der Waals surface area contributed by atoms with Crippen molar-refractivity contribution >= 4 is 0 Å². The third kappa shape index (κ3) is 1.98. The standard InChI is InChI=1S/C16H24N2/c1-11-4-3-5-15(12(11)2)16-13(10-17)8-9-18(16)14-6-7-14/h3-5,13-14,16H,6-10,17H2,1-2H3. The molecule has 0 bridgehead atoms. The lowest BCUT2D eigenvalue weighted by atomic mass is 9.89. The zero-order chi connectivity index (χ0) is 12.7. The summed E-state index contributed by atoms with van der Waals surface area (Å²) < 4.78 is 0. The van der Waals surface area contributed by atoms with Gasteiger partial charge in [-0.15, -0.1) is 0 Å². The maximum absolute atomic E-state index is 6.01. The minimum Gasteiger partial charge on any atom is -0.330 e. The van der Waals surface area contributed by atoms with Crippen LogP contribution in [-0.2, 0) is 0 Å². The van der Waals surface area contributed by atoms with Gasteiger partial charge in [0.25, 0.3) is 0 Å². The molecule has 1 saturated heterocycles. The van der Waals surface area contributed by atoms with E-state index in [2.05, 4.69) is 36.9 Å². The highest BCUT2D eigenvalue weighted by atomic mass is 15.2. The van der Waals surface area contributed by atoms with E-state index in [4.69, 9.17) is 5.73 Å². The lowest BCUT2D eigenvalue weighted by Crippen LogP contribution is -2.30. The van der Waals surface area contributed by atoms with E-state index in [1.54, 1.807) is 0 Å². The molecule has 3 rings (SSSR count). The highest BCUT2D eigenvalue weighted by Crippen LogP contribution is 2.44. The van der Waals surface area contributed by atoms with Crippen LogP contribution in [0.5, 0.6) is 0 Å². The second-order valence-corrected chi connectivity index (χ2v) is 5.99. The van der Waals surface area contributed by atoms with Crippen LogP contribution in [0.15, 0.2) is 18.2 Å². The summed E-state index contributed by atoms with van der Waals surface area (Å²) in [5.74, 6) is 0.645. The summed E-state index contributed by atoms with van der Waals surface area (Å²) in [5, 5.41) is 0. The van der Waals surface area contributed by atoms with Crippen molar-refractivity contribution in [2.24, 2.45) is 11.7 Å². The van der Waals surface area contributed by atoms with Crippen molar-refractivity contribution in [3.05, 3.63) is 34.9 Å². The number of benzene rings is 1. The number of nitrogens with zero attached hydrogens (tertiary/aromatic N) is 1. The van der Waals surface area contributed by atoms with Gasteiger partial charge < -0.3 is 5.73 Å². The van der Waals surface area contributed by atoms with Gasteiger partial charge in [-0.3, -0.25) is 4.90 Å². The molecule has 1 aromatic rings. The second-order valence-electron chi connectivity index (χ2n) is 5.99. The van der Waals surface area contributed by atoms with Crippen molar-refractivity contribution < 1.29 is 0 Å². The Labute approximate surface area is 110 Å². The van der Waals surface area contributed by atoms with Crippen LogP contribution in [0.4, 0.5) is 0 Å². The van der Waals surface area contributed by atoms with Crippen LogP contribution in [0.2, 0.25) is 0 Å². The van der Waals surface area contributed by atoms with E-state index in [0.717, 1.165) is 12.6 Å². The molecule has 1 aliphatic carbocycles. The van der Waals surface area contributed by atoms with E-state index in [1.165, 1.54) is 42.5 Å². The Bertz CT molecular complexity index is 437. The number of nitrogens with two attached hydrogens (primary N) is 1. The lowest BCUT2D eigenvalue weighted by molar-refractivity contribution is 0.219. The molecule has 18 heavy (non-hydrogen) atoms. The molecule has 1 heterocycles. The summed E-state index contributed by atoms with van der Waals surface area (Å²) in [6.07, 6.45) is 4.04. The van der Waals surface area contributed by atoms with E-state index in [0.29, 0.717) is 12.0 Å². The summed E-state index contributed by atoms with van der Waals surface area (Å²) >= 11 is 0. The average Bonchev–Trinajstić information content (AvgIpc) is 3.13. The Morgan fingerprint density at radius 1 is 1.22 bits per heavy atom. The molecule has 98 valence electrons. The van der Waals surface area contributed by atoms with Gasteiger partial charge in [0, 0.05) is 12.1 Å². The van der Waals surface area contributed by atoms with Gasteiger partial charge in [-0.2, -0.15) is 0 Å². The topological polar surface area (TPSA) is 29.3 Å². The molecule has 2 atom stereocenters. The maximum Gasteiger partial charge on any atom is 0.0394 e. The fourth-order valence-electron chi connectivity index (χ4n) is 3.47. The predicted octanol–water partition coefficient (Wildman–Crippen LogP) is 2.79. The minimum absolute atomic E-state index is 0.572. The zero-order valence-electron chi connectivity index (χ0n) is 11.5. The molecule has 2 N–H and O–H groups in total. The molecule has 0 aromatic heterocycles. The second kappa shape index (κ2) is 4.67.